The van der Waals surface area contributed by atoms with E-state index >= 15 is 0 Å². The molecule has 1 fully saturated rings. The van der Waals surface area contributed by atoms with E-state index in [4.69, 9.17) is 9.47 Å². The minimum atomic E-state index is -0.422. The minimum Gasteiger partial charge on any atom is -0.486 e. The summed E-state index contributed by atoms with van der Waals surface area (Å²) in [5, 5.41) is 12.4. The van der Waals surface area contributed by atoms with Gasteiger partial charge in [0.1, 0.15) is 13.2 Å². The zero-order chi connectivity index (χ0) is 18.7. The predicted octanol–water partition coefficient (Wildman–Crippen LogP) is 1.33. The highest BCUT2D eigenvalue weighted by atomic mass is 16.6. The van der Waals surface area contributed by atoms with E-state index in [0.29, 0.717) is 36.9 Å². The van der Waals surface area contributed by atoms with E-state index in [-0.39, 0.29) is 36.8 Å². The summed E-state index contributed by atoms with van der Waals surface area (Å²) in [4.78, 5) is 26.6. The molecule has 7 nitrogen and oxygen atoms in total. The van der Waals surface area contributed by atoms with Gasteiger partial charge in [-0.2, -0.15) is 0 Å². The first-order chi connectivity index (χ1) is 12.5. The topological polar surface area (TPSA) is 88.1 Å². The Labute approximate surface area is 153 Å². The molecule has 7 heteroatoms. The molecule has 2 N–H and O–H groups in total. The summed E-state index contributed by atoms with van der Waals surface area (Å²) in [5.74, 6) is 0.763. The number of carbonyl (C=O) groups excluding carboxylic acids is 2. The fraction of sp³-hybridized carbons (Fsp3) is 0.579. The number of fused-ring (bicyclic) bond motifs is 1. The van der Waals surface area contributed by atoms with Gasteiger partial charge in [-0.3, -0.25) is 9.59 Å². The number of rotatable bonds is 6. The first kappa shape index (κ1) is 18.5. The molecule has 3 rings (SSSR count). The van der Waals surface area contributed by atoms with Crippen molar-refractivity contribution in [3.05, 3.63) is 18.2 Å². The number of benzene rings is 1. The molecule has 2 amide bonds. The van der Waals surface area contributed by atoms with Crippen LogP contribution in [0.25, 0.3) is 0 Å². The van der Waals surface area contributed by atoms with E-state index in [9.17, 15) is 14.7 Å². The maximum Gasteiger partial charge on any atom is 0.227 e. The molecule has 0 radical (unpaired) electrons. The van der Waals surface area contributed by atoms with Crippen LogP contribution in [0, 0.1) is 11.8 Å². The van der Waals surface area contributed by atoms with Crippen molar-refractivity contribution in [3.8, 4) is 11.5 Å². The van der Waals surface area contributed by atoms with Gasteiger partial charge in [0.15, 0.2) is 11.5 Å². The molecule has 0 aliphatic carbocycles. The Morgan fingerprint density at radius 2 is 2.08 bits per heavy atom. The molecule has 0 bridgehead atoms. The van der Waals surface area contributed by atoms with Gasteiger partial charge in [-0.05, 0) is 18.1 Å². The van der Waals surface area contributed by atoms with Gasteiger partial charge < -0.3 is 24.8 Å². The van der Waals surface area contributed by atoms with E-state index in [1.165, 1.54) is 0 Å². The second-order valence-electron chi connectivity index (χ2n) is 6.92. The molecular weight excluding hydrogens is 336 g/mol. The third-order valence-electron chi connectivity index (χ3n) is 5.19. The van der Waals surface area contributed by atoms with Crippen LogP contribution in [0.1, 0.15) is 26.7 Å². The van der Waals surface area contributed by atoms with Crippen LogP contribution in [0.2, 0.25) is 0 Å². The summed E-state index contributed by atoms with van der Waals surface area (Å²) in [6.45, 7) is 5.22. The zero-order valence-electron chi connectivity index (χ0n) is 15.2. The Morgan fingerprint density at radius 3 is 2.77 bits per heavy atom. The van der Waals surface area contributed by atoms with Crippen LogP contribution in [0.4, 0.5) is 5.69 Å². The van der Waals surface area contributed by atoms with Gasteiger partial charge in [-0.25, -0.2) is 0 Å². The summed E-state index contributed by atoms with van der Waals surface area (Å²) < 4.78 is 11.1. The molecule has 0 aromatic heterocycles. The number of hydrogen-bond donors (Lipinski definition) is 2. The molecule has 0 spiro atoms. The van der Waals surface area contributed by atoms with E-state index in [0.717, 1.165) is 6.42 Å². The molecule has 1 saturated heterocycles. The Bertz CT molecular complexity index is 678. The monoisotopic (exact) mass is 362 g/mol. The molecule has 1 aromatic rings. The van der Waals surface area contributed by atoms with E-state index in [1.54, 1.807) is 23.1 Å². The van der Waals surface area contributed by atoms with Crippen molar-refractivity contribution >= 4 is 17.5 Å². The number of aliphatic hydroxyl groups excluding tert-OH is 1. The third-order valence-corrected chi connectivity index (χ3v) is 5.19. The van der Waals surface area contributed by atoms with Crippen molar-refractivity contribution < 1.29 is 24.2 Å². The Kier molecular flexibility index (Phi) is 5.66. The fourth-order valence-corrected chi connectivity index (χ4v) is 3.29. The van der Waals surface area contributed by atoms with E-state index in [2.05, 4.69) is 5.32 Å². The van der Waals surface area contributed by atoms with Crippen LogP contribution in [-0.2, 0) is 9.59 Å². The highest BCUT2D eigenvalue weighted by Crippen LogP contribution is 2.36. The average molecular weight is 362 g/mol. The summed E-state index contributed by atoms with van der Waals surface area (Å²) in [5.41, 5.74) is 0.704. The van der Waals surface area contributed by atoms with Crippen LogP contribution < -0.4 is 19.7 Å². The zero-order valence-corrected chi connectivity index (χ0v) is 15.2. The van der Waals surface area contributed by atoms with Crippen molar-refractivity contribution in [2.75, 3.05) is 31.3 Å². The molecule has 2 heterocycles. The number of carbonyl (C=O) groups is 2. The first-order valence-corrected chi connectivity index (χ1v) is 9.14. The van der Waals surface area contributed by atoms with Crippen LogP contribution in [0.5, 0.6) is 11.5 Å². The lowest BCUT2D eigenvalue weighted by atomic mass is 9.98. The average Bonchev–Trinajstić information content (AvgIpc) is 3.06. The number of ether oxygens (including phenoxy) is 2. The number of nitrogens with zero attached hydrogens (tertiary/aromatic N) is 1. The lowest BCUT2D eigenvalue weighted by molar-refractivity contribution is -0.127. The van der Waals surface area contributed by atoms with Gasteiger partial charge in [0.25, 0.3) is 0 Å². The standard InChI is InChI=1S/C19H26N2O5/c1-3-12(2)15(11-22)20-19(24)13-8-18(23)21(10-13)14-4-5-16-17(9-14)26-7-6-25-16/h4-5,9,12-13,15,22H,3,6-8,10-11H2,1-2H3,(H,20,24)/t12-,13+,15-/m0/s1. The highest BCUT2D eigenvalue weighted by molar-refractivity contribution is 6.00. The van der Waals surface area contributed by atoms with Gasteiger partial charge in [-0.1, -0.05) is 20.3 Å². The Hall–Kier alpha value is -2.28. The van der Waals surface area contributed by atoms with Crippen molar-refractivity contribution in [1.82, 2.24) is 5.32 Å². The summed E-state index contributed by atoms with van der Waals surface area (Å²) in [7, 11) is 0. The lowest BCUT2D eigenvalue weighted by Gasteiger charge is -2.24. The molecule has 0 unspecified atom stereocenters. The molecule has 26 heavy (non-hydrogen) atoms. The molecule has 0 saturated carbocycles. The molecular formula is C19H26N2O5. The number of aliphatic hydroxyl groups is 1. The van der Waals surface area contributed by atoms with Crippen LogP contribution >= 0.6 is 0 Å². The van der Waals surface area contributed by atoms with Crippen molar-refractivity contribution in [1.29, 1.82) is 0 Å². The third kappa shape index (κ3) is 3.77. The first-order valence-electron chi connectivity index (χ1n) is 9.14. The second-order valence-corrected chi connectivity index (χ2v) is 6.92. The van der Waals surface area contributed by atoms with Crippen LogP contribution in [0.15, 0.2) is 18.2 Å². The minimum absolute atomic E-state index is 0.0917. The molecule has 2 aliphatic heterocycles. The number of nitrogens with one attached hydrogen (secondary N) is 1. The van der Waals surface area contributed by atoms with Gasteiger partial charge in [0.2, 0.25) is 11.8 Å². The molecule has 1 aromatic carbocycles. The molecule has 3 atom stereocenters. The summed E-state index contributed by atoms with van der Waals surface area (Å²) in [6.07, 6.45) is 1.03. The maximum absolute atomic E-state index is 12.5. The second kappa shape index (κ2) is 7.95. The fourth-order valence-electron chi connectivity index (χ4n) is 3.29. The largest absolute Gasteiger partial charge is 0.486 e. The highest BCUT2D eigenvalue weighted by Gasteiger charge is 2.36. The summed E-state index contributed by atoms with van der Waals surface area (Å²) in [6, 6.07) is 5.09. The van der Waals surface area contributed by atoms with Crippen molar-refractivity contribution in [2.24, 2.45) is 11.8 Å². The lowest BCUT2D eigenvalue weighted by Crippen LogP contribution is -2.45. The van der Waals surface area contributed by atoms with E-state index in [1.807, 2.05) is 13.8 Å². The maximum atomic E-state index is 12.5. The number of anilines is 1. The predicted molar refractivity (Wildman–Crippen MR) is 96.4 cm³/mol. The van der Waals surface area contributed by atoms with Crippen molar-refractivity contribution in [3.63, 3.8) is 0 Å². The number of amides is 2. The van der Waals surface area contributed by atoms with Gasteiger partial charge in [0, 0.05) is 24.7 Å². The van der Waals surface area contributed by atoms with Gasteiger partial charge in [-0.15, -0.1) is 0 Å². The Balaban J connectivity index is 1.67. The van der Waals surface area contributed by atoms with Gasteiger partial charge >= 0.3 is 0 Å². The number of hydrogen-bond acceptors (Lipinski definition) is 5. The summed E-state index contributed by atoms with van der Waals surface area (Å²) >= 11 is 0. The van der Waals surface area contributed by atoms with Crippen LogP contribution in [0.3, 0.4) is 0 Å². The van der Waals surface area contributed by atoms with Crippen molar-refractivity contribution in [2.45, 2.75) is 32.7 Å². The van der Waals surface area contributed by atoms with Crippen LogP contribution in [-0.4, -0.2) is 49.3 Å². The SMILES string of the molecule is CC[C@H](C)[C@H](CO)NC(=O)[C@@H]1CC(=O)N(c2ccc3c(c2)OCCO3)C1. The molecule has 2 aliphatic rings. The molecule has 142 valence electrons. The Morgan fingerprint density at radius 1 is 1.35 bits per heavy atom. The smallest absolute Gasteiger partial charge is 0.227 e. The van der Waals surface area contributed by atoms with E-state index < -0.39 is 5.92 Å². The quantitative estimate of drug-likeness (QED) is 0.797. The normalized spacial score (nSPS) is 21.4. The van der Waals surface area contributed by atoms with Gasteiger partial charge in [0.05, 0.1) is 18.6 Å².